The second-order valence-electron chi connectivity index (χ2n) is 6.01. The standard InChI is InChI=1S/C19H17F2N3OS/c1-11(2)18(25)22-13-4-6-14(7-5-13)23-19-24-17(10-26-19)12-3-8-15(20)16(21)9-12/h3-11H,1-2H3,(H,22,25)(H,23,24). The number of nitrogens with zero attached hydrogens (tertiary/aromatic N) is 1. The number of aromatic nitrogens is 1. The molecule has 0 spiro atoms. The lowest BCUT2D eigenvalue weighted by Crippen LogP contribution is -2.17. The number of anilines is 3. The van der Waals surface area contributed by atoms with E-state index in [1.165, 1.54) is 17.4 Å². The van der Waals surface area contributed by atoms with Gasteiger partial charge in [0.15, 0.2) is 16.8 Å². The number of thiazole rings is 1. The van der Waals surface area contributed by atoms with Gasteiger partial charge in [0.25, 0.3) is 0 Å². The van der Waals surface area contributed by atoms with Crippen molar-refractivity contribution in [3.05, 3.63) is 59.5 Å². The molecule has 0 radical (unpaired) electrons. The molecule has 2 aromatic carbocycles. The summed E-state index contributed by atoms with van der Waals surface area (Å²) < 4.78 is 26.4. The molecule has 0 unspecified atom stereocenters. The molecule has 0 saturated carbocycles. The van der Waals surface area contributed by atoms with Crippen molar-refractivity contribution >= 4 is 33.8 Å². The van der Waals surface area contributed by atoms with Crippen molar-refractivity contribution in [2.45, 2.75) is 13.8 Å². The zero-order valence-corrected chi connectivity index (χ0v) is 15.0. The smallest absolute Gasteiger partial charge is 0.226 e. The van der Waals surface area contributed by atoms with Gasteiger partial charge >= 0.3 is 0 Å². The van der Waals surface area contributed by atoms with Crippen LogP contribution in [0.4, 0.5) is 25.3 Å². The molecule has 134 valence electrons. The van der Waals surface area contributed by atoms with Gasteiger partial charge in [-0.1, -0.05) is 13.8 Å². The largest absolute Gasteiger partial charge is 0.332 e. The van der Waals surface area contributed by atoms with Gasteiger partial charge < -0.3 is 10.6 Å². The maximum absolute atomic E-state index is 13.4. The number of carbonyl (C=O) groups is 1. The second kappa shape index (κ2) is 7.61. The maximum atomic E-state index is 13.4. The normalized spacial score (nSPS) is 10.8. The molecular formula is C19H17F2N3OS. The quantitative estimate of drug-likeness (QED) is 0.627. The summed E-state index contributed by atoms with van der Waals surface area (Å²) in [5.41, 5.74) is 2.60. The lowest BCUT2D eigenvalue weighted by molar-refractivity contribution is -0.118. The molecule has 0 fully saturated rings. The molecule has 0 saturated heterocycles. The minimum absolute atomic E-state index is 0.0400. The Morgan fingerprint density at radius 2 is 1.73 bits per heavy atom. The second-order valence-corrected chi connectivity index (χ2v) is 6.87. The SMILES string of the molecule is CC(C)C(=O)Nc1ccc(Nc2nc(-c3ccc(F)c(F)c3)cs2)cc1. The summed E-state index contributed by atoms with van der Waals surface area (Å²) in [6.45, 7) is 3.66. The Hall–Kier alpha value is -2.80. The molecule has 0 atom stereocenters. The number of nitrogens with one attached hydrogen (secondary N) is 2. The van der Waals surface area contributed by atoms with E-state index in [1.54, 1.807) is 17.5 Å². The predicted octanol–water partition coefficient (Wildman–Crippen LogP) is 5.43. The third-order valence-corrected chi connectivity index (χ3v) is 4.41. The van der Waals surface area contributed by atoms with Crippen LogP contribution in [-0.4, -0.2) is 10.9 Å². The molecule has 4 nitrogen and oxygen atoms in total. The molecule has 0 aliphatic heterocycles. The van der Waals surface area contributed by atoms with E-state index in [0.29, 0.717) is 16.4 Å². The molecule has 2 N–H and O–H groups in total. The fourth-order valence-electron chi connectivity index (χ4n) is 2.17. The van der Waals surface area contributed by atoms with Gasteiger partial charge in [0.2, 0.25) is 5.91 Å². The van der Waals surface area contributed by atoms with Gasteiger partial charge in [-0.3, -0.25) is 4.79 Å². The van der Waals surface area contributed by atoms with Gasteiger partial charge in [-0.05, 0) is 42.5 Å². The van der Waals surface area contributed by atoms with E-state index in [4.69, 9.17) is 0 Å². The summed E-state index contributed by atoms with van der Waals surface area (Å²) in [6.07, 6.45) is 0. The minimum Gasteiger partial charge on any atom is -0.332 e. The van der Waals surface area contributed by atoms with Crippen molar-refractivity contribution in [1.82, 2.24) is 4.98 Å². The number of amides is 1. The first-order valence-electron chi connectivity index (χ1n) is 8.01. The molecule has 7 heteroatoms. The average Bonchev–Trinajstić information content (AvgIpc) is 3.07. The van der Waals surface area contributed by atoms with E-state index >= 15 is 0 Å². The Balaban J connectivity index is 1.69. The van der Waals surface area contributed by atoms with Crippen LogP contribution in [0.3, 0.4) is 0 Å². The first-order valence-corrected chi connectivity index (χ1v) is 8.89. The van der Waals surface area contributed by atoms with Crippen LogP contribution in [0.25, 0.3) is 11.3 Å². The molecular weight excluding hydrogens is 356 g/mol. The van der Waals surface area contributed by atoms with Crippen LogP contribution < -0.4 is 10.6 Å². The van der Waals surface area contributed by atoms with E-state index in [0.717, 1.165) is 23.5 Å². The molecule has 3 rings (SSSR count). The fourth-order valence-corrected chi connectivity index (χ4v) is 2.91. The molecule has 0 bridgehead atoms. The molecule has 1 amide bonds. The topological polar surface area (TPSA) is 54.0 Å². The highest BCUT2D eigenvalue weighted by molar-refractivity contribution is 7.14. The number of benzene rings is 2. The number of carbonyl (C=O) groups excluding carboxylic acids is 1. The highest BCUT2D eigenvalue weighted by Crippen LogP contribution is 2.28. The highest BCUT2D eigenvalue weighted by Gasteiger charge is 2.09. The Kier molecular flexibility index (Phi) is 5.27. The van der Waals surface area contributed by atoms with Crippen LogP contribution in [0.2, 0.25) is 0 Å². The van der Waals surface area contributed by atoms with Crippen LogP contribution in [-0.2, 0) is 4.79 Å². The van der Waals surface area contributed by atoms with Crippen molar-refractivity contribution in [2.75, 3.05) is 10.6 Å². The van der Waals surface area contributed by atoms with Gasteiger partial charge in [0.05, 0.1) is 5.69 Å². The number of halogens is 2. The monoisotopic (exact) mass is 373 g/mol. The first-order chi connectivity index (χ1) is 12.4. The van der Waals surface area contributed by atoms with Crippen LogP contribution in [0, 0.1) is 17.6 Å². The first kappa shape index (κ1) is 18.0. The summed E-state index contributed by atoms with van der Waals surface area (Å²) in [5.74, 6) is -1.91. The van der Waals surface area contributed by atoms with Crippen LogP contribution in [0.1, 0.15) is 13.8 Å². The van der Waals surface area contributed by atoms with Gasteiger partial charge in [0.1, 0.15) is 0 Å². The van der Waals surface area contributed by atoms with E-state index in [2.05, 4.69) is 15.6 Å². The maximum Gasteiger partial charge on any atom is 0.226 e. The van der Waals surface area contributed by atoms with Crippen LogP contribution in [0.5, 0.6) is 0 Å². The van der Waals surface area contributed by atoms with E-state index in [9.17, 15) is 13.6 Å². The van der Waals surface area contributed by atoms with Crippen LogP contribution >= 0.6 is 11.3 Å². The Labute approximate surface area is 153 Å². The van der Waals surface area contributed by atoms with E-state index in [-0.39, 0.29) is 11.8 Å². The summed E-state index contributed by atoms with van der Waals surface area (Å²) in [4.78, 5) is 16.1. The summed E-state index contributed by atoms with van der Waals surface area (Å²) in [7, 11) is 0. The van der Waals surface area contributed by atoms with Crippen molar-refractivity contribution in [2.24, 2.45) is 5.92 Å². The van der Waals surface area contributed by atoms with Gasteiger partial charge in [-0.15, -0.1) is 11.3 Å². The molecule has 0 aliphatic carbocycles. The highest BCUT2D eigenvalue weighted by atomic mass is 32.1. The third-order valence-electron chi connectivity index (χ3n) is 3.65. The third kappa shape index (κ3) is 4.23. The van der Waals surface area contributed by atoms with E-state index in [1.807, 2.05) is 26.0 Å². The summed E-state index contributed by atoms with van der Waals surface area (Å²) in [6, 6.07) is 11.0. The molecule has 1 aromatic heterocycles. The predicted molar refractivity (Wildman–Crippen MR) is 101 cm³/mol. The van der Waals surface area contributed by atoms with Crippen LogP contribution in [0.15, 0.2) is 47.8 Å². The van der Waals surface area contributed by atoms with Crippen molar-refractivity contribution in [3.63, 3.8) is 0 Å². The molecule has 0 aliphatic rings. The summed E-state index contributed by atoms with van der Waals surface area (Å²) >= 11 is 1.36. The van der Waals surface area contributed by atoms with Gasteiger partial charge in [-0.2, -0.15) is 0 Å². The Morgan fingerprint density at radius 3 is 2.38 bits per heavy atom. The zero-order valence-electron chi connectivity index (χ0n) is 14.2. The number of rotatable bonds is 5. The lowest BCUT2D eigenvalue weighted by Gasteiger charge is -2.08. The van der Waals surface area contributed by atoms with Crippen molar-refractivity contribution < 1.29 is 13.6 Å². The Bertz CT molecular complexity index is 923. The van der Waals surface area contributed by atoms with Gasteiger partial charge in [0, 0.05) is 28.2 Å². The molecule has 1 heterocycles. The average molecular weight is 373 g/mol. The lowest BCUT2D eigenvalue weighted by atomic mass is 10.2. The number of hydrogen-bond acceptors (Lipinski definition) is 4. The van der Waals surface area contributed by atoms with E-state index < -0.39 is 11.6 Å². The fraction of sp³-hybridized carbons (Fsp3) is 0.158. The molecule has 3 aromatic rings. The number of hydrogen-bond donors (Lipinski definition) is 2. The van der Waals surface area contributed by atoms with Crippen molar-refractivity contribution in [3.8, 4) is 11.3 Å². The molecule has 26 heavy (non-hydrogen) atoms. The minimum atomic E-state index is -0.899. The van der Waals surface area contributed by atoms with Gasteiger partial charge in [-0.25, -0.2) is 13.8 Å². The zero-order chi connectivity index (χ0) is 18.7. The van der Waals surface area contributed by atoms with Crippen molar-refractivity contribution in [1.29, 1.82) is 0 Å². The Morgan fingerprint density at radius 1 is 1.04 bits per heavy atom. The summed E-state index contributed by atoms with van der Waals surface area (Å²) in [5, 5.41) is 8.37.